The molecule has 8 nitrogen and oxygen atoms in total. The van der Waals surface area contributed by atoms with Gasteiger partial charge in [-0.15, -0.1) is 10.2 Å². The summed E-state index contributed by atoms with van der Waals surface area (Å²) in [6.07, 6.45) is 3.45. The molecular formula is C21H24N4O4S. The lowest BCUT2D eigenvalue weighted by Gasteiger charge is -2.26. The highest BCUT2D eigenvalue weighted by atomic mass is 32.2. The lowest BCUT2D eigenvalue weighted by Crippen LogP contribution is -2.32. The number of ether oxygens (including phenoxy) is 2. The van der Waals surface area contributed by atoms with E-state index in [-0.39, 0.29) is 17.7 Å². The van der Waals surface area contributed by atoms with E-state index < -0.39 is 0 Å². The molecule has 0 N–H and O–H groups in total. The van der Waals surface area contributed by atoms with E-state index in [9.17, 15) is 4.79 Å². The Morgan fingerprint density at radius 1 is 1.27 bits per heavy atom. The molecule has 3 heterocycles. The SMILES string of the molecule is COc1ccc(OC)c([C@@H]2CCCN2C(=O)CSc2nnc(-c3ccco3)n2C)c1. The minimum atomic E-state index is -0.0265. The number of thioether (sulfide) groups is 1. The second-order valence-corrected chi connectivity index (χ2v) is 7.93. The third-order valence-corrected chi connectivity index (χ3v) is 6.28. The number of carbonyl (C=O) groups excluding carboxylic acids is 1. The van der Waals surface area contributed by atoms with Gasteiger partial charge in [0, 0.05) is 19.2 Å². The summed E-state index contributed by atoms with van der Waals surface area (Å²) in [6.45, 7) is 0.723. The van der Waals surface area contributed by atoms with Crippen LogP contribution < -0.4 is 9.47 Å². The predicted molar refractivity (Wildman–Crippen MR) is 113 cm³/mol. The van der Waals surface area contributed by atoms with Gasteiger partial charge in [-0.05, 0) is 43.2 Å². The second kappa shape index (κ2) is 8.83. The molecule has 158 valence electrons. The zero-order valence-corrected chi connectivity index (χ0v) is 18.0. The van der Waals surface area contributed by atoms with Crippen LogP contribution in [0.5, 0.6) is 11.5 Å². The zero-order valence-electron chi connectivity index (χ0n) is 17.2. The van der Waals surface area contributed by atoms with Crippen LogP contribution in [0.3, 0.4) is 0 Å². The fraction of sp³-hybridized carbons (Fsp3) is 0.381. The number of methoxy groups -OCH3 is 2. The van der Waals surface area contributed by atoms with Gasteiger partial charge in [-0.1, -0.05) is 11.8 Å². The first-order valence-electron chi connectivity index (χ1n) is 9.70. The van der Waals surface area contributed by atoms with Gasteiger partial charge in [0.25, 0.3) is 0 Å². The Morgan fingerprint density at radius 3 is 2.87 bits per heavy atom. The summed E-state index contributed by atoms with van der Waals surface area (Å²) in [5.41, 5.74) is 0.978. The van der Waals surface area contributed by atoms with E-state index in [2.05, 4.69) is 10.2 Å². The Labute approximate surface area is 179 Å². The Balaban J connectivity index is 1.48. The molecule has 2 aromatic heterocycles. The van der Waals surface area contributed by atoms with E-state index in [1.54, 1.807) is 26.5 Å². The van der Waals surface area contributed by atoms with Crippen molar-refractivity contribution in [3.05, 3.63) is 42.2 Å². The van der Waals surface area contributed by atoms with Crippen LogP contribution in [-0.2, 0) is 11.8 Å². The molecule has 0 radical (unpaired) electrons. The van der Waals surface area contributed by atoms with Crippen LogP contribution in [0.4, 0.5) is 0 Å². The van der Waals surface area contributed by atoms with Crippen LogP contribution >= 0.6 is 11.8 Å². The van der Waals surface area contributed by atoms with Crippen molar-refractivity contribution >= 4 is 17.7 Å². The zero-order chi connectivity index (χ0) is 21.1. The average Bonchev–Trinajstić information content (AvgIpc) is 3.52. The number of carbonyl (C=O) groups is 1. The van der Waals surface area contributed by atoms with Crippen LogP contribution in [0.1, 0.15) is 24.4 Å². The van der Waals surface area contributed by atoms with Crippen molar-refractivity contribution in [1.29, 1.82) is 0 Å². The molecule has 1 aliphatic rings. The summed E-state index contributed by atoms with van der Waals surface area (Å²) in [5, 5.41) is 9.06. The van der Waals surface area contributed by atoms with Crippen molar-refractivity contribution in [2.45, 2.75) is 24.0 Å². The fourth-order valence-electron chi connectivity index (χ4n) is 3.76. The monoisotopic (exact) mass is 428 g/mol. The quantitative estimate of drug-likeness (QED) is 0.532. The Kier molecular flexibility index (Phi) is 5.98. The van der Waals surface area contributed by atoms with Gasteiger partial charge in [-0.2, -0.15) is 0 Å². The molecule has 9 heteroatoms. The molecule has 0 unspecified atom stereocenters. The molecule has 0 aliphatic carbocycles. The number of benzene rings is 1. The van der Waals surface area contributed by atoms with E-state index in [0.29, 0.717) is 16.7 Å². The van der Waals surface area contributed by atoms with E-state index in [0.717, 1.165) is 36.4 Å². The topological polar surface area (TPSA) is 82.6 Å². The van der Waals surface area contributed by atoms with Crippen molar-refractivity contribution in [3.8, 4) is 23.1 Å². The van der Waals surface area contributed by atoms with Crippen LogP contribution in [0, 0.1) is 0 Å². The lowest BCUT2D eigenvalue weighted by molar-refractivity contribution is -0.129. The number of nitrogens with zero attached hydrogens (tertiary/aromatic N) is 4. The van der Waals surface area contributed by atoms with Crippen molar-refractivity contribution in [2.24, 2.45) is 7.05 Å². The Bertz CT molecular complexity index is 1020. The maximum absolute atomic E-state index is 13.1. The normalized spacial score (nSPS) is 16.1. The highest BCUT2D eigenvalue weighted by Crippen LogP contribution is 2.39. The van der Waals surface area contributed by atoms with Crippen molar-refractivity contribution in [1.82, 2.24) is 19.7 Å². The summed E-state index contributed by atoms with van der Waals surface area (Å²) in [7, 11) is 5.15. The molecule has 0 saturated carbocycles. The van der Waals surface area contributed by atoms with Gasteiger partial charge < -0.3 is 23.4 Å². The molecule has 1 atom stereocenters. The summed E-state index contributed by atoms with van der Waals surface area (Å²) in [6, 6.07) is 9.33. The maximum atomic E-state index is 13.1. The van der Waals surface area contributed by atoms with Crippen molar-refractivity contribution in [2.75, 3.05) is 26.5 Å². The number of hydrogen-bond donors (Lipinski definition) is 0. The predicted octanol–water partition coefficient (Wildman–Crippen LogP) is 3.55. The van der Waals surface area contributed by atoms with Gasteiger partial charge in [0.2, 0.25) is 5.91 Å². The average molecular weight is 429 g/mol. The van der Waals surface area contributed by atoms with Gasteiger partial charge in [-0.3, -0.25) is 4.79 Å². The first-order chi connectivity index (χ1) is 14.6. The van der Waals surface area contributed by atoms with E-state index in [1.807, 2.05) is 40.8 Å². The van der Waals surface area contributed by atoms with E-state index in [4.69, 9.17) is 13.9 Å². The lowest BCUT2D eigenvalue weighted by atomic mass is 10.0. The molecule has 1 aromatic carbocycles. The Hall–Kier alpha value is -2.94. The molecule has 0 spiro atoms. The second-order valence-electron chi connectivity index (χ2n) is 6.98. The van der Waals surface area contributed by atoms with Gasteiger partial charge in [-0.25, -0.2) is 0 Å². The van der Waals surface area contributed by atoms with Gasteiger partial charge in [0.05, 0.1) is 32.3 Å². The summed E-state index contributed by atoms with van der Waals surface area (Å²) in [4.78, 5) is 15.0. The minimum Gasteiger partial charge on any atom is -0.497 e. The summed E-state index contributed by atoms with van der Waals surface area (Å²) in [5.74, 6) is 3.15. The van der Waals surface area contributed by atoms with Gasteiger partial charge >= 0.3 is 0 Å². The first-order valence-corrected chi connectivity index (χ1v) is 10.7. The maximum Gasteiger partial charge on any atom is 0.233 e. The minimum absolute atomic E-state index is 0.0265. The Morgan fingerprint density at radius 2 is 2.13 bits per heavy atom. The molecule has 30 heavy (non-hydrogen) atoms. The standard InChI is InChI=1S/C21H24N4O4S/c1-24-20(18-7-5-11-29-18)22-23-21(24)30-13-19(26)25-10-4-6-16(25)15-12-14(27-2)8-9-17(15)28-3/h5,7-9,11-12,16H,4,6,10,13H2,1-3H3/t16-/m0/s1. The third-order valence-electron chi connectivity index (χ3n) is 5.27. The van der Waals surface area contributed by atoms with Gasteiger partial charge in [0.15, 0.2) is 16.7 Å². The summed E-state index contributed by atoms with van der Waals surface area (Å²) >= 11 is 1.38. The van der Waals surface area contributed by atoms with E-state index >= 15 is 0 Å². The molecule has 1 amide bonds. The van der Waals surface area contributed by atoms with Crippen LogP contribution in [0.2, 0.25) is 0 Å². The molecule has 1 saturated heterocycles. The highest BCUT2D eigenvalue weighted by molar-refractivity contribution is 7.99. The number of aromatic nitrogens is 3. The third kappa shape index (κ3) is 3.89. The van der Waals surface area contributed by atoms with Crippen molar-refractivity contribution < 1.29 is 18.7 Å². The number of hydrogen-bond acceptors (Lipinski definition) is 7. The molecule has 1 aliphatic heterocycles. The summed E-state index contributed by atoms with van der Waals surface area (Å²) < 4.78 is 18.1. The number of furan rings is 1. The smallest absolute Gasteiger partial charge is 0.233 e. The highest BCUT2D eigenvalue weighted by Gasteiger charge is 2.32. The van der Waals surface area contributed by atoms with Crippen LogP contribution in [-0.4, -0.2) is 52.1 Å². The fourth-order valence-corrected chi connectivity index (χ4v) is 4.56. The molecule has 4 rings (SSSR count). The molecule has 3 aromatic rings. The van der Waals surface area contributed by atoms with Crippen LogP contribution in [0.25, 0.3) is 11.6 Å². The molecule has 0 bridgehead atoms. The van der Waals surface area contributed by atoms with Crippen molar-refractivity contribution in [3.63, 3.8) is 0 Å². The van der Waals surface area contributed by atoms with Crippen LogP contribution in [0.15, 0.2) is 46.2 Å². The van der Waals surface area contributed by atoms with Gasteiger partial charge in [0.1, 0.15) is 11.5 Å². The van der Waals surface area contributed by atoms with E-state index in [1.165, 1.54) is 11.8 Å². The number of likely N-dealkylation sites (tertiary alicyclic amines) is 1. The largest absolute Gasteiger partial charge is 0.497 e. The number of amides is 1. The molecular weight excluding hydrogens is 404 g/mol. The number of rotatable bonds is 7. The molecule has 1 fully saturated rings. The first kappa shape index (κ1) is 20.3.